The zero-order valence-corrected chi connectivity index (χ0v) is 13.1. The molecule has 1 aliphatic rings. The summed E-state index contributed by atoms with van der Waals surface area (Å²) in [6, 6.07) is 0.375. The molecule has 0 unspecified atom stereocenters. The lowest BCUT2D eigenvalue weighted by molar-refractivity contribution is 0.202. The third-order valence-electron chi connectivity index (χ3n) is 3.26. The number of aromatic nitrogens is 1. The van der Waals surface area contributed by atoms with Crippen molar-refractivity contribution < 1.29 is 4.79 Å². The van der Waals surface area contributed by atoms with Crippen molar-refractivity contribution >= 4 is 29.1 Å². The third kappa shape index (κ3) is 4.38. The minimum Gasteiger partial charge on any atom is -0.334 e. The maximum absolute atomic E-state index is 12.1. The highest BCUT2D eigenvalue weighted by molar-refractivity contribution is 7.99. The van der Waals surface area contributed by atoms with Crippen molar-refractivity contribution in [3.8, 4) is 0 Å². The number of likely N-dealkylation sites (N-methyl/N-ethyl adjacent to an activating group) is 1. The molecule has 1 N–H and O–H groups in total. The van der Waals surface area contributed by atoms with E-state index in [-0.39, 0.29) is 11.9 Å². The van der Waals surface area contributed by atoms with E-state index in [2.05, 4.69) is 17.2 Å². The first-order valence-electron chi connectivity index (χ1n) is 6.65. The molecule has 4 nitrogen and oxygen atoms in total. The van der Waals surface area contributed by atoms with Crippen LogP contribution in [0.15, 0.2) is 11.6 Å². The maximum atomic E-state index is 12.1. The van der Waals surface area contributed by atoms with Gasteiger partial charge in [-0.3, -0.25) is 0 Å². The number of carbonyl (C=O) groups excluding carboxylic acids is 1. The van der Waals surface area contributed by atoms with Gasteiger partial charge in [0.2, 0.25) is 0 Å². The van der Waals surface area contributed by atoms with Crippen molar-refractivity contribution in [2.45, 2.75) is 31.7 Å². The molecule has 0 bridgehead atoms. The van der Waals surface area contributed by atoms with E-state index >= 15 is 0 Å². The van der Waals surface area contributed by atoms with Crippen LogP contribution >= 0.6 is 23.1 Å². The molecule has 0 saturated carbocycles. The molecular weight excluding hydrogens is 278 g/mol. The largest absolute Gasteiger partial charge is 0.334 e. The van der Waals surface area contributed by atoms with Gasteiger partial charge in [0.15, 0.2) is 0 Å². The fourth-order valence-electron chi connectivity index (χ4n) is 2.19. The van der Waals surface area contributed by atoms with Gasteiger partial charge in [-0.25, -0.2) is 9.78 Å². The molecule has 1 saturated heterocycles. The van der Waals surface area contributed by atoms with Crippen molar-refractivity contribution in [1.82, 2.24) is 15.2 Å². The number of nitrogens with zero attached hydrogens (tertiary/aromatic N) is 2. The van der Waals surface area contributed by atoms with E-state index in [9.17, 15) is 4.79 Å². The average molecular weight is 299 g/mol. The predicted octanol–water partition coefficient (Wildman–Crippen LogP) is 2.78. The summed E-state index contributed by atoms with van der Waals surface area (Å²) in [5.74, 6) is 2.56. The van der Waals surface area contributed by atoms with Crippen LogP contribution in [-0.4, -0.2) is 47.1 Å². The van der Waals surface area contributed by atoms with E-state index in [0.29, 0.717) is 12.6 Å². The molecule has 2 rings (SSSR count). The van der Waals surface area contributed by atoms with Crippen LogP contribution in [0, 0.1) is 0 Å². The second kappa shape index (κ2) is 7.14. The first-order chi connectivity index (χ1) is 9.16. The smallest absolute Gasteiger partial charge is 0.317 e. The summed E-state index contributed by atoms with van der Waals surface area (Å²) in [6.07, 6.45) is 4.12. The Labute approximate surface area is 123 Å². The summed E-state index contributed by atoms with van der Waals surface area (Å²) in [5, 5.41) is 6.19. The minimum absolute atomic E-state index is 0.0379. The van der Waals surface area contributed by atoms with Crippen LogP contribution in [0.3, 0.4) is 0 Å². The Kier molecular flexibility index (Phi) is 5.51. The topological polar surface area (TPSA) is 45.2 Å². The first kappa shape index (κ1) is 14.7. The molecule has 1 fully saturated rings. The Hall–Kier alpha value is -0.750. The number of rotatable bonds is 4. The lowest BCUT2D eigenvalue weighted by Crippen LogP contribution is -2.46. The maximum Gasteiger partial charge on any atom is 0.317 e. The molecule has 1 aromatic rings. The summed E-state index contributed by atoms with van der Waals surface area (Å²) in [4.78, 5) is 18.2. The summed E-state index contributed by atoms with van der Waals surface area (Å²) in [6.45, 7) is 2.82. The van der Waals surface area contributed by atoms with Gasteiger partial charge in [0.25, 0.3) is 0 Å². The molecular formula is C13H21N3OS2. The Balaban J connectivity index is 1.78. The highest BCUT2D eigenvalue weighted by Crippen LogP contribution is 2.19. The normalized spacial score (nSPS) is 20.8. The Morgan fingerprint density at radius 1 is 1.68 bits per heavy atom. The monoisotopic (exact) mass is 299 g/mol. The molecule has 0 aliphatic carbocycles. The average Bonchev–Trinajstić information content (AvgIpc) is 2.93. The van der Waals surface area contributed by atoms with E-state index in [1.165, 1.54) is 12.2 Å². The molecule has 0 aromatic carbocycles. The van der Waals surface area contributed by atoms with Gasteiger partial charge in [0, 0.05) is 42.9 Å². The summed E-state index contributed by atoms with van der Waals surface area (Å²) in [7, 11) is 1.86. The van der Waals surface area contributed by atoms with Crippen molar-refractivity contribution in [2.75, 3.05) is 25.1 Å². The number of urea groups is 1. The van der Waals surface area contributed by atoms with E-state index < -0.39 is 0 Å². The zero-order chi connectivity index (χ0) is 13.7. The number of carbonyl (C=O) groups is 1. The Bertz CT molecular complexity index is 391. The highest BCUT2D eigenvalue weighted by atomic mass is 32.2. The number of thiazole rings is 1. The van der Waals surface area contributed by atoms with Crippen LogP contribution in [0.1, 0.15) is 30.7 Å². The van der Waals surface area contributed by atoms with E-state index in [4.69, 9.17) is 0 Å². The molecule has 2 amide bonds. The molecule has 0 radical (unpaired) electrons. The van der Waals surface area contributed by atoms with Crippen molar-refractivity contribution in [3.05, 3.63) is 16.6 Å². The molecule has 1 aliphatic heterocycles. The van der Waals surface area contributed by atoms with Crippen LogP contribution in [0.2, 0.25) is 0 Å². The third-order valence-corrected chi connectivity index (χ3v) is 5.48. The van der Waals surface area contributed by atoms with Gasteiger partial charge in [-0.2, -0.15) is 11.8 Å². The quantitative estimate of drug-likeness (QED) is 0.930. The van der Waals surface area contributed by atoms with Gasteiger partial charge in [0.1, 0.15) is 0 Å². The number of nitrogens with one attached hydrogen (secondary N) is 1. The second-order valence-electron chi connectivity index (χ2n) is 5.02. The molecule has 2 atom stereocenters. The van der Waals surface area contributed by atoms with Gasteiger partial charge >= 0.3 is 6.03 Å². The van der Waals surface area contributed by atoms with Gasteiger partial charge in [-0.05, 0) is 18.6 Å². The fourth-order valence-corrected chi connectivity index (χ4v) is 3.95. The fraction of sp³-hybridized carbons (Fsp3) is 0.692. The van der Waals surface area contributed by atoms with Gasteiger partial charge < -0.3 is 10.2 Å². The van der Waals surface area contributed by atoms with E-state index in [1.54, 1.807) is 16.2 Å². The molecule has 19 heavy (non-hydrogen) atoms. The summed E-state index contributed by atoms with van der Waals surface area (Å²) >= 11 is 3.57. The number of hydrogen-bond acceptors (Lipinski definition) is 4. The zero-order valence-electron chi connectivity index (χ0n) is 11.5. The summed E-state index contributed by atoms with van der Waals surface area (Å²) in [5.41, 5.74) is 0. The molecule has 0 spiro atoms. The van der Waals surface area contributed by atoms with E-state index in [1.807, 2.05) is 30.4 Å². The van der Waals surface area contributed by atoms with Crippen LogP contribution in [0.25, 0.3) is 0 Å². The lowest BCUT2D eigenvalue weighted by Gasteiger charge is -2.27. The SMILES string of the molecule is C[C@@H](CN(C)C(=O)N[C@H]1CCCSC1)c1nccs1. The minimum atomic E-state index is 0.0379. The van der Waals surface area contributed by atoms with Crippen LogP contribution in [0.5, 0.6) is 0 Å². The highest BCUT2D eigenvalue weighted by Gasteiger charge is 2.20. The van der Waals surface area contributed by atoms with Crippen LogP contribution in [0.4, 0.5) is 4.79 Å². The van der Waals surface area contributed by atoms with Crippen molar-refractivity contribution in [2.24, 2.45) is 0 Å². The molecule has 6 heteroatoms. The molecule has 106 valence electrons. The molecule has 1 aromatic heterocycles. The van der Waals surface area contributed by atoms with Gasteiger partial charge in [-0.1, -0.05) is 6.92 Å². The summed E-state index contributed by atoms with van der Waals surface area (Å²) < 4.78 is 0. The van der Waals surface area contributed by atoms with Gasteiger partial charge in [-0.15, -0.1) is 11.3 Å². The Morgan fingerprint density at radius 3 is 3.16 bits per heavy atom. The van der Waals surface area contributed by atoms with Gasteiger partial charge in [0.05, 0.1) is 5.01 Å². The van der Waals surface area contributed by atoms with Crippen LogP contribution < -0.4 is 5.32 Å². The molecule has 2 heterocycles. The predicted molar refractivity (Wildman–Crippen MR) is 82.0 cm³/mol. The van der Waals surface area contributed by atoms with Crippen LogP contribution in [-0.2, 0) is 0 Å². The number of amides is 2. The first-order valence-corrected chi connectivity index (χ1v) is 8.69. The number of thioether (sulfide) groups is 1. The van der Waals surface area contributed by atoms with E-state index in [0.717, 1.165) is 17.2 Å². The van der Waals surface area contributed by atoms with Crippen molar-refractivity contribution in [1.29, 1.82) is 0 Å². The second-order valence-corrected chi connectivity index (χ2v) is 7.09. The van der Waals surface area contributed by atoms with Crippen molar-refractivity contribution in [3.63, 3.8) is 0 Å². The lowest BCUT2D eigenvalue weighted by atomic mass is 10.2. The standard InChI is InChI=1S/C13H21N3OS2/c1-10(12-14-5-7-19-12)8-16(2)13(17)15-11-4-3-6-18-9-11/h5,7,10-11H,3-4,6,8-9H2,1-2H3,(H,15,17)/t10-,11-/m0/s1. The Morgan fingerprint density at radius 2 is 2.53 bits per heavy atom. The number of hydrogen-bond donors (Lipinski definition) is 1.